The minimum atomic E-state index is -3.46. The second-order valence-electron chi connectivity index (χ2n) is 9.64. The number of hydrogen-bond donors (Lipinski definition) is 1. The van der Waals surface area contributed by atoms with Crippen LogP contribution in [0.25, 0.3) is 0 Å². The van der Waals surface area contributed by atoms with Crippen molar-refractivity contribution in [3.63, 3.8) is 0 Å². The first-order valence-corrected chi connectivity index (χ1v) is 13.2. The first kappa shape index (κ1) is 26.5. The Kier molecular flexibility index (Phi) is 7.74. The summed E-state index contributed by atoms with van der Waals surface area (Å²) in [7, 11) is -3.46. The summed E-state index contributed by atoms with van der Waals surface area (Å²) in [4.78, 5) is 25.2. The number of sulfonamides is 1. The molecule has 1 aliphatic rings. The van der Waals surface area contributed by atoms with Gasteiger partial charge in [-0.1, -0.05) is 18.2 Å². The summed E-state index contributed by atoms with van der Waals surface area (Å²) in [6.45, 7) is 5.58. The lowest BCUT2D eigenvalue weighted by molar-refractivity contribution is -0.136. The van der Waals surface area contributed by atoms with E-state index in [4.69, 9.17) is 9.84 Å². The minimum absolute atomic E-state index is 0.0215. The normalized spacial score (nSPS) is 13.8. The zero-order valence-corrected chi connectivity index (χ0v) is 21.2. The van der Waals surface area contributed by atoms with Crippen molar-refractivity contribution < 1.29 is 32.2 Å². The van der Waals surface area contributed by atoms with Gasteiger partial charge in [0.15, 0.2) is 0 Å². The molecule has 3 rings (SSSR count). The van der Waals surface area contributed by atoms with Crippen LogP contribution in [-0.2, 0) is 38.9 Å². The Hall–Kier alpha value is -3.14. The smallest absolute Gasteiger partial charge is 0.415 e. The van der Waals surface area contributed by atoms with Crippen LogP contribution in [0.4, 0.5) is 20.6 Å². The molecule has 2 aromatic carbocycles. The van der Waals surface area contributed by atoms with Gasteiger partial charge in [-0.25, -0.2) is 17.6 Å². The molecule has 2 aromatic rings. The van der Waals surface area contributed by atoms with Gasteiger partial charge in [0, 0.05) is 13.0 Å². The molecule has 1 N–H and O–H groups in total. The Morgan fingerprint density at radius 3 is 2.49 bits per heavy atom. The lowest BCUT2D eigenvalue weighted by atomic mass is 10.0. The first-order chi connectivity index (χ1) is 16.2. The maximum absolute atomic E-state index is 14.8. The van der Waals surface area contributed by atoms with Gasteiger partial charge in [-0.3, -0.25) is 14.0 Å². The van der Waals surface area contributed by atoms with E-state index in [2.05, 4.69) is 0 Å². The van der Waals surface area contributed by atoms with Crippen molar-refractivity contribution in [2.45, 2.75) is 58.6 Å². The third-order valence-corrected chi connectivity index (χ3v) is 6.72. The molecule has 190 valence electrons. The summed E-state index contributed by atoms with van der Waals surface area (Å²) in [6.07, 6.45) is 1.76. The van der Waals surface area contributed by atoms with Crippen LogP contribution in [0.15, 0.2) is 36.4 Å². The monoisotopic (exact) mass is 506 g/mol. The minimum Gasteiger partial charge on any atom is -0.481 e. The summed E-state index contributed by atoms with van der Waals surface area (Å²) >= 11 is 0. The molecule has 1 heterocycles. The van der Waals surface area contributed by atoms with Crippen molar-refractivity contribution in [3.8, 4) is 0 Å². The van der Waals surface area contributed by atoms with Crippen LogP contribution in [0.3, 0.4) is 0 Å². The number of aryl methyl sites for hydroxylation is 2. The number of aliphatic carboxylic acids is 1. The number of carbonyl (C=O) groups excluding carboxylic acids is 1. The van der Waals surface area contributed by atoms with E-state index >= 15 is 0 Å². The number of carbonyl (C=O) groups is 2. The van der Waals surface area contributed by atoms with Crippen LogP contribution in [-0.4, -0.2) is 44.0 Å². The van der Waals surface area contributed by atoms with E-state index in [0.717, 1.165) is 24.7 Å². The molecule has 0 unspecified atom stereocenters. The Morgan fingerprint density at radius 2 is 1.89 bits per heavy atom. The Balaban J connectivity index is 1.97. The molecule has 0 aliphatic carbocycles. The zero-order chi connectivity index (χ0) is 26.0. The number of fused-ring (bicyclic) bond motifs is 1. The number of rotatable bonds is 7. The summed E-state index contributed by atoms with van der Waals surface area (Å²) in [5, 5.41) is 8.87. The van der Waals surface area contributed by atoms with Gasteiger partial charge in [0.25, 0.3) is 0 Å². The van der Waals surface area contributed by atoms with E-state index < -0.39 is 33.5 Å². The summed E-state index contributed by atoms with van der Waals surface area (Å²) in [5.74, 6) is -1.65. The van der Waals surface area contributed by atoms with Crippen LogP contribution < -0.4 is 9.21 Å². The number of carboxylic acids is 1. The number of hydrogen-bond acceptors (Lipinski definition) is 5. The molecule has 0 spiro atoms. The molecule has 1 amide bonds. The third kappa shape index (κ3) is 6.94. The van der Waals surface area contributed by atoms with E-state index in [1.807, 2.05) is 12.1 Å². The molecule has 0 aromatic heterocycles. The van der Waals surface area contributed by atoms with Gasteiger partial charge < -0.3 is 9.84 Å². The number of amides is 1. The second-order valence-corrected chi connectivity index (χ2v) is 11.5. The highest BCUT2D eigenvalue weighted by atomic mass is 32.2. The predicted octanol–water partition coefficient (Wildman–Crippen LogP) is 4.50. The number of ether oxygens (including phenoxy) is 1. The van der Waals surface area contributed by atoms with Crippen molar-refractivity contribution in [2.75, 3.05) is 22.0 Å². The van der Waals surface area contributed by atoms with Crippen LogP contribution >= 0.6 is 0 Å². The maximum atomic E-state index is 14.8. The molecular weight excluding hydrogens is 475 g/mol. The van der Waals surface area contributed by atoms with Crippen LogP contribution in [0, 0.1) is 5.82 Å². The fraction of sp³-hybridized carbons (Fsp3) is 0.440. The number of nitrogens with zero attached hydrogens (tertiary/aromatic N) is 2. The standard InChI is InChI=1S/C25H31FN2O6S/c1-25(2,3)34-24(31)27(20-11-9-18(21(26)15-20)10-12-23(29)30)16-17-7-8-19-6-5-13-28(22(19)14-17)35(4,32)33/h7-9,11,14-15H,5-6,10,12-13,16H2,1-4H3,(H,29,30). The van der Waals surface area contributed by atoms with Gasteiger partial charge in [-0.2, -0.15) is 0 Å². The van der Waals surface area contributed by atoms with Crippen molar-refractivity contribution in [1.82, 2.24) is 0 Å². The van der Waals surface area contributed by atoms with Gasteiger partial charge in [0.1, 0.15) is 11.4 Å². The summed E-state index contributed by atoms with van der Waals surface area (Å²) in [5.41, 5.74) is 1.82. The lowest BCUT2D eigenvalue weighted by Crippen LogP contribution is -2.37. The Morgan fingerprint density at radius 1 is 1.17 bits per heavy atom. The highest BCUT2D eigenvalue weighted by molar-refractivity contribution is 7.92. The quantitative estimate of drug-likeness (QED) is 0.593. The van der Waals surface area contributed by atoms with E-state index in [1.165, 1.54) is 21.3 Å². The van der Waals surface area contributed by atoms with Crippen LogP contribution in [0.1, 0.15) is 50.3 Å². The Labute approximate surface area is 205 Å². The fourth-order valence-corrected chi connectivity index (χ4v) is 4.93. The molecule has 0 radical (unpaired) electrons. The first-order valence-electron chi connectivity index (χ1n) is 11.3. The molecular formula is C25H31FN2O6S. The number of halogens is 1. The van der Waals surface area contributed by atoms with Crippen molar-refractivity contribution >= 4 is 33.5 Å². The topological polar surface area (TPSA) is 104 Å². The van der Waals surface area contributed by atoms with Crippen LogP contribution in [0.2, 0.25) is 0 Å². The largest absolute Gasteiger partial charge is 0.481 e. The molecule has 0 fully saturated rings. The van der Waals surface area contributed by atoms with Crippen molar-refractivity contribution in [2.24, 2.45) is 0 Å². The number of anilines is 2. The molecule has 1 aliphatic heterocycles. The molecule has 35 heavy (non-hydrogen) atoms. The van der Waals surface area contributed by atoms with Gasteiger partial charge in [-0.05, 0) is 74.9 Å². The zero-order valence-electron chi connectivity index (χ0n) is 20.4. The van der Waals surface area contributed by atoms with Gasteiger partial charge in [0.2, 0.25) is 10.0 Å². The van der Waals surface area contributed by atoms with E-state index in [-0.39, 0.29) is 30.6 Å². The number of carboxylic acid groups (broad SMARTS) is 1. The van der Waals surface area contributed by atoms with Crippen LogP contribution in [0.5, 0.6) is 0 Å². The van der Waals surface area contributed by atoms with E-state index in [1.54, 1.807) is 32.9 Å². The van der Waals surface area contributed by atoms with Gasteiger partial charge in [-0.15, -0.1) is 0 Å². The van der Waals surface area contributed by atoms with Crippen molar-refractivity contribution in [3.05, 3.63) is 58.9 Å². The average Bonchev–Trinajstić information content (AvgIpc) is 2.74. The molecule has 0 bridgehead atoms. The lowest BCUT2D eigenvalue weighted by Gasteiger charge is -2.31. The molecule has 0 saturated heterocycles. The molecule has 8 nitrogen and oxygen atoms in total. The maximum Gasteiger partial charge on any atom is 0.415 e. The average molecular weight is 507 g/mol. The van der Waals surface area contributed by atoms with Gasteiger partial charge in [0.05, 0.1) is 24.2 Å². The summed E-state index contributed by atoms with van der Waals surface area (Å²) in [6, 6.07) is 9.60. The highest BCUT2D eigenvalue weighted by Crippen LogP contribution is 2.31. The molecule has 0 saturated carbocycles. The fourth-order valence-electron chi connectivity index (χ4n) is 3.94. The third-order valence-electron chi connectivity index (χ3n) is 5.54. The van der Waals surface area contributed by atoms with Crippen molar-refractivity contribution in [1.29, 1.82) is 0 Å². The molecule has 10 heteroatoms. The highest BCUT2D eigenvalue weighted by Gasteiger charge is 2.27. The van der Waals surface area contributed by atoms with Gasteiger partial charge >= 0.3 is 12.1 Å². The number of benzene rings is 2. The Bertz CT molecular complexity index is 1220. The van der Waals surface area contributed by atoms with E-state index in [0.29, 0.717) is 17.8 Å². The second kappa shape index (κ2) is 10.2. The SMILES string of the molecule is CC(C)(C)OC(=O)N(Cc1ccc2c(c1)N(S(C)(=O)=O)CCC2)c1ccc(CCC(=O)O)c(F)c1. The molecule has 0 atom stereocenters. The summed E-state index contributed by atoms with van der Waals surface area (Å²) < 4.78 is 46.3. The predicted molar refractivity (Wildman–Crippen MR) is 132 cm³/mol. The van der Waals surface area contributed by atoms with E-state index in [9.17, 15) is 22.4 Å².